The van der Waals surface area contributed by atoms with E-state index in [0.29, 0.717) is 0 Å². The summed E-state index contributed by atoms with van der Waals surface area (Å²) >= 11 is 0. The van der Waals surface area contributed by atoms with E-state index in [1.54, 1.807) is 0 Å². The van der Waals surface area contributed by atoms with Crippen LogP contribution in [0.1, 0.15) is 0 Å². The summed E-state index contributed by atoms with van der Waals surface area (Å²) in [5, 5.41) is 7.62. The van der Waals surface area contributed by atoms with Crippen LogP contribution in [-0.4, -0.2) is 9.55 Å². The first-order valence-corrected chi connectivity index (χ1v) is 9.15. The lowest BCUT2D eigenvalue weighted by Gasteiger charge is -2.09. The maximum Gasteiger partial charge on any atom is 0.0619 e. The summed E-state index contributed by atoms with van der Waals surface area (Å²) in [5.41, 5.74) is 3.62. The van der Waals surface area contributed by atoms with Gasteiger partial charge in [0.15, 0.2) is 0 Å². The zero-order chi connectivity index (χ0) is 17.8. The first kappa shape index (κ1) is 14.5. The SMILES string of the molecule is c1ccc2cc3c(cc2c1)c1ccc2ccccc2c1n3-c1ccncc1. The molecule has 0 spiro atoms. The van der Waals surface area contributed by atoms with Crippen molar-refractivity contribution in [2.45, 2.75) is 0 Å². The first-order valence-electron chi connectivity index (χ1n) is 9.15. The van der Waals surface area contributed by atoms with Crippen molar-refractivity contribution in [3.63, 3.8) is 0 Å². The van der Waals surface area contributed by atoms with Crippen LogP contribution in [0.3, 0.4) is 0 Å². The molecular formula is C25H16N2. The minimum absolute atomic E-state index is 1.14. The highest BCUT2D eigenvalue weighted by Gasteiger charge is 2.15. The Balaban J connectivity index is 1.92. The van der Waals surface area contributed by atoms with Gasteiger partial charge in [-0.25, -0.2) is 0 Å². The van der Waals surface area contributed by atoms with E-state index in [1.165, 1.54) is 43.4 Å². The molecule has 0 radical (unpaired) electrons. The molecule has 0 N–H and O–H groups in total. The number of hydrogen-bond acceptors (Lipinski definition) is 1. The van der Waals surface area contributed by atoms with E-state index in [9.17, 15) is 0 Å². The third-order valence-corrected chi connectivity index (χ3v) is 5.44. The van der Waals surface area contributed by atoms with Gasteiger partial charge in [-0.2, -0.15) is 0 Å². The molecule has 0 aliphatic heterocycles. The summed E-state index contributed by atoms with van der Waals surface area (Å²) in [7, 11) is 0. The standard InChI is InChI=1S/C25H16N2/c1-2-7-19-16-24-23(15-18(19)6-1)22-10-9-17-5-3-4-8-21(17)25(22)27(24)20-11-13-26-14-12-20/h1-16H. The lowest BCUT2D eigenvalue weighted by Crippen LogP contribution is -1.94. The molecule has 0 amide bonds. The number of hydrogen-bond donors (Lipinski definition) is 0. The van der Waals surface area contributed by atoms with Gasteiger partial charge in [-0.05, 0) is 40.4 Å². The summed E-state index contributed by atoms with van der Waals surface area (Å²) in [4.78, 5) is 4.21. The van der Waals surface area contributed by atoms with Gasteiger partial charge in [0.25, 0.3) is 0 Å². The van der Waals surface area contributed by atoms with Crippen LogP contribution in [0.15, 0.2) is 97.3 Å². The topological polar surface area (TPSA) is 17.8 Å². The van der Waals surface area contributed by atoms with Crippen molar-refractivity contribution in [2.75, 3.05) is 0 Å². The molecule has 2 nitrogen and oxygen atoms in total. The predicted molar refractivity (Wildman–Crippen MR) is 114 cm³/mol. The Morgan fingerprint density at radius 1 is 0.556 bits per heavy atom. The molecule has 6 rings (SSSR count). The molecule has 126 valence electrons. The lowest BCUT2D eigenvalue weighted by molar-refractivity contribution is 1.16. The van der Waals surface area contributed by atoms with Crippen molar-refractivity contribution in [3.05, 3.63) is 97.3 Å². The van der Waals surface area contributed by atoms with Gasteiger partial charge in [-0.15, -0.1) is 0 Å². The Hall–Kier alpha value is -3.65. The number of aromatic nitrogens is 2. The zero-order valence-corrected chi connectivity index (χ0v) is 14.6. The van der Waals surface area contributed by atoms with Gasteiger partial charge in [-0.1, -0.05) is 60.7 Å². The maximum atomic E-state index is 4.21. The fourth-order valence-electron chi connectivity index (χ4n) is 4.22. The van der Waals surface area contributed by atoms with E-state index in [1.807, 2.05) is 12.4 Å². The van der Waals surface area contributed by atoms with E-state index in [4.69, 9.17) is 0 Å². The molecule has 0 saturated heterocycles. The van der Waals surface area contributed by atoms with Crippen molar-refractivity contribution >= 4 is 43.4 Å². The van der Waals surface area contributed by atoms with Crippen molar-refractivity contribution in [3.8, 4) is 5.69 Å². The molecule has 0 saturated carbocycles. The minimum Gasteiger partial charge on any atom is -0.308 e. The van der Waals surface area contributed by atoms with Gasteiger partial charge in [0.2, 0.25) is 0 Å². The number of pyridine rings is 1. The van der Waals surface area contributed by atoms with Gasteiger partial charge in [-0.3, -0.25) is 4.98 Å². The highest BCUT2D eigenvalue weighted by atomic mass is 15.0. The first-order chi connectivity index (χ1) is 13.4. The fraction of sp³-hybridized carbons (Fsp3) is 0. The van der Waals surface area contributed by atoms with E-state index < -0.39 is 0 Å². The Morgan fingerprint density at radius 3 is 2.07 bits per heavy atom. The molecule has 0 bridgehead atoms. The molecule has 0 atom stereocenters. The van der Waals surface area contributed by atoms with Crippen molar-refractivity contribution < 1.29 is 0 Å². The molecule has 0 aliphatic rings. The lowest BCUT2D eigenvalue weighted by atomic mass is 10.0. The molecule has 4 aromatic carbocycles. The summed E-state index contributed by atoms with van der Waals surface area (Å²) in [6.07, 6.45) is 3.72. The molecule has 6 aromatic rings. The Bertz CT molecular complexity index is 1460. The molecule has 2 heteroatoms. The second kappa shape index (κ2) is 5.42. The molecule has 0 unspecified atom stereocenters. The largest absolute Gasteiger partial charge is 0.308 e. The zero-order valence-electron chi connectivity index (χ0n) is 14.6. The normalized spacial score (nSPS) is 11.7. The summed E-state index contributed by atoms with van der Waals surface area (Å²) in [5.74, 6) is 0. The summed E-state index contributed by atoms with van der Waals surface area (Å²) in [6, 6.07) is 30.4. The Kier molecular flexibility index (Phi) is 2.91. The van der Waals surface area contributed by atoms with Gasteiger partial charge in [0, 0.05) is 34.2 Å². The third-order valence-electron chi connectivity index (χ3n) is 5.44. The molecular weight excluding hydrogens is 328 g/mol. The number of nitrogens with zero attached hydrogens (tertiary/aromatic N) is 2. The summed E-state index contributed by atoms with van der Waals surface area (Å²) < 4.78 is 2.38. The molecule has 27 heavy (non-hydrogen) atoms. The average Bonchev–Trinajstić information content (AvgIpc) is 3.06. The minimum atomic E-state index is 1.14. The van der Waals surface area contributed by atoms with Gasteiger partial charge >= 0.3 is 0 Å². The van der Waals surface area contributed by atoms with Crippen molar-refractivity contribution in [1.29, 1.82) is 0 Å². The Morgan fingerprint density at radius 2 is 1.26 bits per heavy atom. The molecule has 2 heterocycles. The van der Waals surface area contributed by atoms with E-state index >= 15 is 0 Å². The van der Waals surface area contributed by atoms with Gasteiger partial charge < -0.3 is 4.57 Å². The van der Waals surface area contributed by atoms with Crippen LogP contribution >= 0.6 is 0 Å². The van der Waals surface area contributed by atoms with E-state index in [-0.39, 0.29) is 0 Å². The molecule has 0 aliphatic carbocycles. The van der Waals surface area contributed by atoms with Crippen LogP contribution in [0.4, 0.5) is 0 Å². The molecule has 0 fully saturated rings. The quantitative estimate of drug-likeness (QED) is 0.333. The summed E-state index contributed by atoms with van der Waals surface area (Å²) in [6.45, 7) is 0. The second-order valence-corrected chi connectivity index (χ2v) is 6.94. The Labute approximate surface area is 156 Å². The maximum absolute atomic E-state index is 4.21. The number of benzene rings is 4. The fourth-order valence-corrected chi connectivity index (χ4v) is 4.22. The van der Waals surface area contributed by atoms with Crippen LogP contribution in [0.2, 0.25) is 0 Å². The van der Waals surface area contributed by atoms with Crippen molar-refractivity contribution in [2.24, 2.45) is 0 Å². The third kappa shape index (κ3) is 2.04. The predicted octanol–water partition coefficient (Wildman–Crippen LogP) is 6.49. The second-order valence-electron chi connectivity index (χ2n) is 6.94. The smallest absolute Gasteiger partial charge is 0.0619 e. The van der Waals surface area contributed by atoms with E-state index in [2.05, 4.69) is 94.5 Å². The monoisotopic (exact) mass is 344 g/mol. The highest BCUT2D eigenvalue weighted by molar-refractivity contribution is 6.20. The van der Waals surface area contributed by atoms with Crippen LogP contribution in [-0.2, 0) is 0 Å². The van der Waals surface area contributed by atoms with Crippen LogP contribution in [0, 0.1) is 0 Å². The highest BCUT2D eigenvalue weighted by Crippen LogP contribution is 2.38. The molecule has 2 aromatic heterocycles. The van der Waals surface area contributed by atoms with Crippen LogP contribution in [0.5, 0.6) is 0 Å². The van der Waals surface area contributed by atoms with Crippen molar-refractivity contribution in [1.82, 2.24) is 9.55 Å². The van der Waals surface area contributed by atoms with Crippen LogP contribution < -0.4 is 0 Å². The van der Waals surface area contributed by atoms with E-state index in [0.717, 1.165) is 5.69 Å². The van der Waals surface area contributed by atoms with Crippen LogP contribution in [0.25, 0.3) is 49.0 Å². The van der Waals surface area contributed by atoms with Gasteiger partial charge in [0.05, 0.1) is 11.0 Å². The number of rotatable bonds is 1. The van der Waals surface area contributed by atoms with Gasteiger partial charge in [0.1, 0.15) is 0 Å². The average molecular weight is 344 g/mol. The number of fused-ring (bicyclic) bond motifs is 6.